The van der Waals surface area contributed by atoms with E-state index < -0.39 is 0 Å². The minimum atomic E-state index is -0.172. The highest BCUT2D eigenvalue weighted by Crippen LogP contribution is 2.40. The predicted octanol–water partition coefficient (Wildman–Crippen LogP) is 1.02. The lowest BCUT2D eigenvalue weighted by atomic mass is 9.93. The van der Waals surface area contributed by atoms with E-state index in [1.54, 1.807) is 6.20 Å². The molecule has 1 aliphatic carbocycles. The molecule has 1 atom stereocenters. The lowest BCUT2D eigenvalue weighted by Crippen LogP contribution is -2.56. The first-order chi connectivity index (χ1) is 7.66. The van der Waals surface area contributed by atoms with E-state index in [-0.39, 0.29) is 12.1 Å². The van der Waals surface area contributed by atoms with Gasteiger partial charge in [0.2, 0.25) is 0 Å². The molecule has 1 unspecified atom stereocenters. The van der Waals surface area contributed by atoms with Crippen molar-refractivity contribution < 1.29 is 5.11 Å². The molecular weight excluding hydrogens is 202 g/mol. The van der Waals surface area contributed by atoms with Gasteiger partial charge in [0, 0.05) is 25.0 Å². The van der Waals surface area contributed by atoms with E-state index in [2.05, 4.69) is 24.1 Å². The summed E-state index contributed by atoms with van der Waals surface area (Å²) in [4.78, 5) is 4.05. The second-order valence-electron chi connectivity index (χ2n) is 5.12. The van der Waals surface area contributed by atoms with Crippen LogP contribution >= 0.6 is 0 Å². The number of aliphatic hydroxyl groups excluding tert-OH is 1. The largest absolute Gasteiger partial charge is 0.394 e. The fraction of sp³-hybridized carbons (Fsp3) is 0.750. The van der Waals surface area contributed by atoms with Crippen molar-refractivity contribution in [1.82, 2.24) is 14.9 Å². The van der Waals surface area contributed by atoms with Gasteiger partial charge in [-0.05, 0) is 18.8 Å². The second kappa shape index (κ2) is 4.55. The maximum atomic E-state index is 9.74. The molecule has 16 heavy (non-hydrogen) atoms. The summed E-state index contributed by atoms with van der Waals surface area (Å²) >= 11 is 0. The summed E-state index contributed by atoms with van der Waals surface area (Å²) in [5.41, 5.74) is -0.172. The highest BCUT2D eigenvalue weighted by molar-refractivity contribution is 5.02. The lowest BCUT2D eigenvalue weighted by molar-refractivity contribution is 0.113. The van der Waals surface area contributed by atoms with E-state index >= 15 is 0 Å². The predicted molar refractivity (Wildman–Crippen MR) is 63.0 cm³/mol. The fourth-order valence-corrected chi connectivity index (χ4v) is 2.43. The minimum Gasteiger partial charge on any atom is -0.394 e. The molecule has 4 heteroatoms. The summed E-state index contributed by atoms with van der Waals surface area (Å²) in [5, 5.41) is 13.3. The lowest BCUT2D eigenvalue weighted by Gasteiger charge is -2.35. The number of aliphatic hydroxyl groups is 1. The van der Waals surface area contributed by atoms with Crippen LogP contribution < -0.4 is 5.32 Å². The normalized spacial score (nSPS) is 20.0. The Morgan fingerprint density at radius 2 is 2.31 bits per heavy atom. The SMILES string of the molecule is CC(C)NC(CO)(Cn1ccnc1)C1CC1. The monoisotopic (exact) mass is 223 g/mol. The molecule has 0 spiro atoms. The first-order valence-electron chi connectivity index (χ1n) is 6.00. The summed E-state index contributed by atoms with van der Waals surface area (Å²) in [6.45, 7) is 5.24. The molecule has 0 radical (unpaired) electrons. The van der Waals surface area contributed by atoms with Gasteiger partial charge in [0.15, 0.2) is 0 Å². The van der Waals surface area contributed by atoms with Gasteiger partial charge in [-0.2, -0.15) is 0 Å². The van der Waals surface area contributed by atoms with Gasteiger partial charge in [0.25, 0.3) is 0 Å². The zero-order valence-corrected chi connectivity index (χ0v) is 10.1. The molecule has 1 fully saturated rings. The number of imidazole rings is 1. The van der Waals surface area contributed by atoms with Gasteiger partial charge >= 0.3 is 0 Å². The minimum absolute atomic E-state index is 0.172. The van der Waals surface area contributed by atoms with Gasteiger partial charge in [-0.3, -0.25) is 0 Å². The molecular formula is C12H21N3O. The van der Waals surface area contributed by atoms with Gasteiger partial charge < -0.3 is 15.0 Å². The van der Waals surface area contributed by atoms with Crippen LogP contribution in [-0.2, 0) is 6.54 Å². The van der Waals surface area contributed by atoms with E-state index in [4.69, 9.17) is 0 Å². The molecule has 1 saturated carbocycles. The van der Waals surface area contributed by atoms with Gasteiger partial charge in [0.1, 0.15) is 0 Å². The summed E-state index contributed by atoms with van der Waals surface area (Å²) in [6.07, 6.45) is 7.98. The second-order valence-corrected chi connectivity index (χ2v) is 5.12. The highest BCUT2D eigenvalue weighted by atomic mass is 16.3. The van der Waals surface area contributed by atoms with Crippen LogP contribution in [0, 0.1) is 5.92 Å². The third-order valence-corrected chi connectivity index (χ3v) is 3.24. The average Bonchev–Trinajstić information content (AvgIpc) is 2.98. The molecule has 0 aliphatic heterocycles. The quantitative estimate of drug-likeness (QED) is 0.757. The van der Waals surface area contributed by atoms with Gasteiger partial charge in [-0.25, -0.2) is 4.98 Å². The Balaban J connectivity index is 2.12. The van der Waals surface area contributed by atoms with Crippen LogP contribution in [0.25, 0.3) is 0 Å². The van der Waals surface area contributed by atoms with E-state index in [0.29, 0.717) is 12.0 Å². The zero-order chi connectivity index (χ0) is 11.6. The molecule has 0 bridgehead atoms. The first kappa shape index (κ1) is 11.6. The summed E-state index contributed by atoms with van der Waals surface area (Å²) in [7, 11) is 0. The van der Waals surface area contributed by atoms with Crippen LogP contribution in [0.5, 0.6) is 0 Å². The number of nitrogens with one attached hydrogen (secondary N) is 1. The maximum absolute atomic E-state index is 9.74. The maximum Gasteiger partial charge on any atom is 0.0946 e. The molecule has 4 nitrogen and oxygen atoms in total. The van der Waals surface area contributed by atoms with Gasteiger partial charge in [-0.1, -0.05) is 13.8 Å². The van der Waals surface area contributed by atoms with Crippen LogP contribution in [0.2, 0.25) is 0 Å². The Kier molecular flexibility index (Phi) is 3.30. The number of hydrogen-bond donors (Lipinski definition) is 2. The molecule has 0 aromatic carbocycles. The fourth-order valence-electron chi connectivity index (χ4n) is 2.43. The Hall–Kier alpha value is -0.870. The molecule has 1 aromatic rings. The first-order valence-corrected chi connectivity index (χ1v) is 6.00. The van der Waals surface area contributed by atoms with Gasteiger partial charge in [-0.15, -0.1) is 0 Å². The summed E-state index contributed by atoms with van der Waals surface area (Å²) in [6, 6.07) is 0.385. The number of nitrogens with zero attached hydrogens (tertiary/aromatic N) is 2. The Morgan fingerprint density at radius 1 is 1.56 bits per heavy atom. The van der Waals surface area contributed by atoms with Crippen molar-refractivity contribution in [3.63, 3.8) is 0 Å². The summed E-state index contributed by atoms with van der Waals surface area (Å²) < 4.78 is 2.05. The van der Waals surface area contributed by atoms with E-state index in [9.17, 15) is 5.11 Å². The zero-order valence-electron chi connectivity index (χ0n) is 10.1. The van der Waals surface area contributed by atoms with Crippen LogP contribution in [-0.4, -0.2) is 32.8 Å². The molecule has 0 saturated heterocycles. The molecule has 2 N–H and O–H groups in total. The topological polar surface area (TPSA) is 50.1 Å². The van der Waals surface area contributed by atoms with Crippen molar-refractivity contribution in [2.45, 2.75) is 44.8 Å². The average molecular weight is 223 g/mol. The molecule has 1 heterocycles. The van der Waals surface area contributed by atoms with Crippen molar-refractivity contribution in [2.75, 3.05) is 6.61 Å². The molecule has 1 aromatic heterocycles. The highest BCUT2D eigenvalue weighted by Gasteiger charge is 2.45. The van der Waals surface area contributed by atoms with Crippen molar-refractivity contribution in [3.05, 3.63) is 18.7 Å². The van der Waals surface area contributed by atoms with Crippen LogP contribution in [0.3, 0.4) is 0 Å². The smallest absolute Gasteiger partial charge is 0.0946 e. The molecule has 1 aliphatic rings. The molecule has 2 rings (SSSR count). The molecule has 90 valence electrons. The van der Waals surface area contributed by atoms with Crippen LogP contribution in [0.1, 0.15) is 26.7 Å². The Bertz CT molecular complexity index is 319. The number of hydrogen-bond acceptors (Lipinski definition) is 3. The summed E-state index contributed by atoms with van der Waals surface area (Å²) in [5.74, 6) is 0.599. The van der Waals surface area contributed by atoms with Crippen molar-refractivity contribution in [2.24, 2.45) is 5.92 Å². The third-order valence-electron chi connectivity index (χ3n) is 3.24. The standard InChI is InChI=1S/C12H21N3O/c1-10(2)14-12(8-16,11-3-4-11)7-15-6-5-13-9-15/h5-6,9-11,14,16H,3-4,7-8H2,1-2H3. The van der Waals surface area contributed by atoms with Crippen LogP contribution in [0.15, 0.2) is 18.7 Å². The van der Waals surface area contributed by atoms with Crippen molar-refractivity contribution in [1.29, 1.82) is 0 Å². The van der Waals surface area contributed by atoms with Crippen LogP contribution in [0.4, 0.5) is 0 Å². The number of rotatable bonds is 6. The number of aromatic nitrogens is 2. The van der Waals surface area contributed by atoms with Gasteiger partial charge in [0.05, 0.1) is 18.5 Å². The van der Waals surface area contributed by atoms with E-state index in [1.165, 1.54) is 12.8 Å². The van der Waals surface area contributed by atoms with E-state index in [1.807, 2.05) is 17.1 Å². The van der Waals surface area contributed by atoms with E-state index in [0.717, 1.165) is 6.54 Å². The Morgan fingerprint density at radius 3 is 2.75 bits per heavy atom. The van der Waals surface area contributed by atoms with Crippen molar-refractivity contribution in [3.8, 4) is 0 Å². The third kappa shape index (κ3) is 2.44. The van der Waals surface area contributed by atoms with Crippen molar-refractivity contribution >= 4 is 0 Å². The Labute approximate surface area is 96.7 Å². The molecule has 0 amide bonds.